The Labute approximate surface area is 143 Å². The van der Waals surface area contributed by atoms with E-state index >= 15 is 0 Å². The number of rotatable bonds is 3. The minimum Gasteiger partial charge on any atom is -0.325 e. The zero-order valence-corrected chi connectivity index (χ0v) is 15.0. The highest BCUT2D eigenvalue weighted by Gasteiger charge is 2.39. The van der Waals surface area contributed by atoms with E-state index in [1.807, 2.05) is 0 Å². The van der Waals surface area contributed by atoms with Crippen molar-refractivity contribution in [2.45, 2.75) is 24.2 Å². The van der Waals surface area contributed by atoms with E-state index in [0.717, 1.165) is 4.47 Å². The molecule has 0 unspecified atom stereocenters. The molecule has 0 saturated heterocycles. The number of fused-ring (bicyclic) bond motifs is 1. The van der Waals surface area contributed by atoms with Crippen molar-refractivity contribution in [2.75, 3.05) is 10.0 Å². The maximum Gasteiger partial charge on any atom is 0.261 e. The minimum absolute atomic E-state index is 0.128. The lowest BCUT2D eigenvalue weighted by molar-refractivity contribution is -0.119. The van der Waals surface area contributed by atoms with E-state index in [1.165, 1.54) is 6.07 Å². The van der Waals surface area contributed by atoms with Crippen LogP contribution in [0.5, 0.6) is 0 Å². The first-order chi connectivity index (χ1) is 10.7. The Hall–Kier alpha value is -1.86. The molecule has 2 N–H and O–H groups in total. The number of amides is 1. The highest BCUT2D eigenvalue weighted by Crippen LogP contribution is 2.38. The molecule has 5 nitrogen and oxygen atoms in total. The zero-order valence-electron chi connectivity index (χ0n) is 12.6. The van der Waals surface area contributed by atoms with Gasteiger partial charge < -0.3 is 5.32 Å². The standard InChI is InChI=1S/C16H15BrN2O3S/c1-16(2)13-9-12(7-8-14(13)18-15(16)20)23(21,22)19-11-5-3-10(17)4-6-11/h3-9,19H,1-2H3,(H,18,20). The van der Waals surface area contributed by atoms with Crippen LogP contribution >= 0.6 is 15.9 Å². The smallest absolute Gasteiger partial charge is 0.261 e. The summed E-state index contributed by atoms with van der Waals surface area (Å²) in [4.78, 5) is 12.1. The van der Waals surface area contributed by atoms with Gasteiger partial charge in [0, 0.05) is 15.8 Å². The van der Waals surface area contributed by atoms with Gasteiger partial charge in [0.2, 0.25) is 5.91 Å². The fourth-order valence-corrected chi connectivity index (χ4v) is 3.80. The third-order valence-corrected chi connectivity index (χ3v) is 5.79. The molecule has 7 heteroatoms. The molecule has 0 aliphatic carbocycles. The first-order valence-corrected chi connectivity index (χ1v) is 9.22. The van der Waals surface area contributed by atoms with Crippen LogP contribution in [0.1, 0.15) is 19.4 Å². The van der Waals surface area contributed by atoms with E-state index in [1.54, 1.807) is 50.2 Å². The molecule has 0 bridgehead atoms. The number of halogens is 1. The van der Waals surface area contributed by atoms with E-state index in [0.29, 0.717) is 16.9 Å². The van der Waals surface area contributed by atoms with Gasteiger partial charge >= 0.3 is 0 Å². The lowest BCUT2D eigenvalue weighted by atomic mass is 9.86. The van der Waals surface area contributed by atoms with Crippen LogP contribution in [0, 0.1) is 0 Å². The molecular formula is C16H15BrN2O3S. The summed E-state index contributed by atoms with van der Waals surface area (Å²) in [5, 5.41) is 2.76. The quantitative estimate of drug-likeness (QED) is 0.836. The molecule has 2 aromatic carbocycles. The van der Waals surface area contributed by atoms with Crippen LogP contribution in [-0.2, 0) is 20.2 Å². The highest BCUT2D eigenvalue weighted by molar-refractivity contribution is 9.10. The van der Waals surface area contributed by atoms with E-state index < -0.39 is 15.4 Å². The van der Waals surface area contributed by atoms with E-state index in [2.05, 4.69) is 26.0 Å². The van der Waals surface area contributed by atoms with Crippen molar-refractivity contribution in [3.05, 3.63) is 52.5 Å². The van der Waals surface area contributed by atoms with Crippen molar-refractivity contribution in [3.63, 3.8) is 0 Å². The van der Waals surface area contributed by atoms with Gasteiger partial charge in [-0.1, -0.05) is 15.9 Å². The Kier molecular flexibility index (Phi) is 3.72. The summed E-state index contributed by atoms with van der Waals surface area (Å²) >= 11 is 3.31. The molecule has 0 saturated carbocycles. The molecule has 0 aromatic heterocycles. The maximum atomic E-state index is 12.6. The molecule has 23 heavy (non-hydrogen) atoms. The molecule has 2 aromatic rings. The summed E-state index contributed by atoms with van der Waals surface area (Å²) in [6, 6.07) is 11.5. The molecule has 1 aliphatic rings. The number of anilines is 2. The van der Waals surface area contributed by atoms with Crippen molar-refractivity contribution in [1.29, 1.82) is 0 Å². The Morgan fingerprint density at radius 3 is 2.39 bits per heavy atom. The van der Waals surface area contributed by atoms with Crippen molar-refractivity contribution < 1.29 is 13.2 Å². The number of benzene rings is 2. The van der Waals surface area contributed by atoms with Crippen LogP contribution in [0.15, 0.2) is 51.8 Å². The van der Waals surface area contributed by atoms with Gasteiger partial charge in [-0.25, -0.2) is 8.42 Å². The molecule has 0 spiro atoms. The van der Waals surface area contributed by atoms with E-state index in [9.17, 15) is 13.2 Å². The first-order valence-electron chi connectivity index (χ1n) is 6.94. The average Bonchev–Trinajstić information content (AvgIpc) is 2.71. The second kappa shape index (κ2) is 5.35. The summed E-state index contributed by atoms with van der Waals surface area (Å²) in [5.41, 5.74) is 1.06. The molecule has 0 fully saturated rings. The third kappa shape index (κ3) is 2.86. The predicted molar refractivity (Wildman–Crippen MR) is 93.0 cm³/mol. The topological polar surface area (TPSA) is 75.3 Å². The monoisotopic (exact) mass is 394 g/mol. The van der Waals surface area contributed by atoms with E-state index in [-0.39, 0.29) is 10.8 Å². The van der Waals surface area contributed by atoms with Gasteiger partial charge in [0.15, 0.2) is 0 Å². The van der Waals surface area contributed by atoms with Crippen molar-refractivity contribution in [2.24, 2.45) is 0 Å². The second-order valence-electron chi connectivity index (χ2n) is 5.90. The maximum absolute atomic E-state index is 12.6. The van der Waals surface area contributed by atoms with Gasteiger partial charge in [-0.05, 0) is 61.9 Å². The number of hydrogen-bond donors (Lipinski definition) is 2. The largest absolute Gasteiger partial charge is 0.325 e. The van der Waals surface area contributed by atoms with Gasteiger partial charge in [-0.3, -0.25) is 9.52 Å². The fraction of sp³-hybridized carbons (Fsp3) is 0.188. The van der Waals surface area contributed by atoms with Crippen molar-refractivity contribution >= 4 is 43.2 Å². The van der Waals surface area contributed by atoms with Gasteiger partial charge in [0.25, 0.3) is 10.0 Å². The second-order valence-corrected chi connectivity index (χ2v) is 8.50. The van der Waals surface area contributed by atoms with E-state index in [4.69, 9.17) is 0 Å². The molecule has 1 amide bonds. The zero-order chi connectivity index (χ0) is 16.8. The first kappa shape index (κ1) is 16.0. The van der Waals surface area contributed by atoms with Crippen LogP contribution in [0.25, 0.3) is 0 Å². The summed E-state index contributed by atoms with van der Waals surface area (Å²) in [6.07, 6.45) is 0. The lowest BCUT2D eigenvalue weighted by Gasteiger charge is -2.16. The molecule has 0 radical (unpaired) electrons. The average molecular weight is 395 g/mol. The van der Waals surface area contributed by atoms with Gasteiger partial charge in [0.1, 0.15) is 0 Å². The van der Waals surface area contributed by atoms with Crippen LogP contribution in [-0.4, -0.2) is 14.3 Å². The number of nitrogens with one attached hydrogen (secondary N) is 2. The Balaban J connectivity index is 1.97. The third-order valence-electron chi connectivity index (χ3n) is 3.89. The van der Waals surface area contributed by atoms with Crippen molar-refractivity contribution in [1.82, 2.24) is 0 Å². The Morgan fingerprint density at radius 1 is 1.09 bits per heavy atom. The number of sulfonamides is 1. The number of carbonyl (C=O) groups is 1. The van der Waals surface area contributed by atoms with Crippen molar-refractivity contribution in [3.8, 4) is 0 Å². The number of carbonyl (C=O) groups excluding carboxylic acids is 1. The van der Waals surface area contributed by atoms with Gasteiger partial charge in [-0.2, -0.15) is 0 Å². The predicted octanol–water partition coefficient (Wildman–Crippen LogP) is 3.48. The SMILES string of the molecule is CC1(C)C(=O)Nc2ccc(S(=O)(=O)Nc3ccc(Br)cc3)cc21. The molecule has 0 atom stereocenters. The minimum atomic E-state index is -3.72. The summed E-state index contributed by atoms with van der Waals surface area (Å²) < 4.78 is 28.5. The van der Waals surface area contributed by atoms with Crippen LogP contribution in [0.4, 0.5) is 11.4 Å². The summed E-state index contributed by atoms with van der Waals surface area (Å²) in [6.45, 7) is 3.54. The highest BCUT2D eigenvalue weighted by atomic mass is 79.9. The van der Waals surface area contributed by atoms with Crippen LogP contribution < -0.4 is 10.0 Å². The molecule has 1 aliphatic heterocycles. The molecule has 120 valence electrons. The molecule has 3 rings (SSSR count). The summed E-state index contributed by atoms with van der Waals surface area (Å²) in [5.74, 6) is -0.136. The Bertz CT molecular complexity index is 890. The number of hydrogen-bond acceptors (Lipinski definition) is 3. The fourth-order valence-electron chi connectivity index (χ4n) is 2.45. The van der Waals surface area contributed by atoms with Gasteiger partial charge in [-0.15, -0.1) is 0 Å². The molecular weight excluding hydrogens is 380 g/mol. The summed E-state index contributed by atoms with van der Waals surface area (Å²) in [7, 11) is -3.72. The van der Waals surface area contributed by atoms with Crippen LogP contribution in [0.3, 0.4) is 0 Å². The normalized spacial score (nSPS) is 15.9. The lowest BCUT2D eigenvalue weighted by Crippen LogP contribution is -2.27. The van der Waals surface area contributed by atoms with Crippen LogP contribution in [0.2, 0.25) is 0 Å². The van der Waals surface area contributed by atoms with Gasteiger partial charge in [0.05, 0.1) is 10.3 Å². The Morgan fingerprint density at radius 2 is 1.74 bits per heavy atom. The molecule has 1 heterocycles.